The molecule has 146 valence electrons. The van der Waals surface area contributed by atoms with Crippen LogP contribution in [-0.2, 0) is 5.54 Å². The summed E-state index contributed by atoms with van der Waals surface area (Å²) in [5.41, 5.74) is 7.60. The topological polar surface area (TPSA) is 96.5 Å². The number of aliphatic imine (C=N–C) groups is 1. The van der Waals surface area contributed by atoms with Crippen molar-refractivity contribution < 1.29 is 4.79 Å². The molecule has 3 N–H and O–H groups in total. The number of nitrogens with zero attached hydrogens (tertiary/aromatic N) is 4. The zero-order valence-corrected chi connectivity index (χ0v) is 16.7. The Hall–Kier alpha value is -2.61. The second-order valence-corrected chi connectivity index (χ2v) is 8.43. The van der Waals surface area contributed by atoms with Crippen molar-refractivity contribution in [2.45, 2.75) is 31.7 Å². The predicted molar refractivity (Wildman–Crippen MR) is 114 cm³/mol. The molecule has 2 aromatic rings. The SMILES string of the molecule is CC1(c2cccc(NC(=O)c3cnc(N4CCCC4)cn3)c2)CCSC(N)=N1. The van der Waals surface area contributed by atoms with E-state index in [9.17, 15) is 4.79 Å². The van der Waals surface area contributed by atoms with Gasteiger partial charge in [-0.1, -0.05) is 23.9 Å². The van der Waals surface area contributed by atoms with E-state index >= 15 is 0 Å². The largest absolute Gasteiger partial charge is 0.379 e. The first-order chi connectivity index (χ1) is 13.5. The van der Waals surface area contributed by atoms with Gasteiger partial charge >= 0.3 is 0 Å². The fourth-order valence-corrected chi connectivity index (χ4v) is 4.54. The van der Waals surface area contributed by atoms with Crippen LogP contribution in [0.1, 0.15) is 42.2 Å². The number of aromatic nitrogens is 2. The highest BCUT2D eigenvalue weighted by atomic mass is 32.2. The van der Waals surface area contributed by atoms with Crippen LogP contribution in [0.25, 0.3) is 0 Å². The zero-order chi connectivity index (χ0) is 19.6. The number of rotatable bonds is 4. The third-order valence-electron chi connectivity index (χ3n) is 5.24. The zero-order valence-electron chi connectivity index (χ0n) is 15.9. The van der Waals surface area contributed by atoms with Crippen LogP contribution in [-0.4, -0.2) is 39.9 Å². The number of carbonyl (C=O) groups is 1. The fourth-order valence-electron chi connectivity index (χ4n) is 3.57. The first-order valence-electron chi connectivity index (χ1n) is 9.50. The van der Waals surface area contributed by atoms with Gasteiger partial charge in [-0.15, -0.1) is 0 Å². The van der Waals surface area contributed by atoms with Crippen LogP contribution in [0.4, 0.5) is 11.5 Å². The molecule has 3 heterocycles. The van der Waals surface area contributed by atoms with Gasteiger partial charge in [-0.25, -0.2) is 9.97 Å². The van der Waals surface area contributed by atoms with Crippen molar-refractivity contribution in [1.29, 1.82) is 0 Å². The van der Waals surface area contributed by atoms with Gasteiger partial charge in [0, 0.05) is 24.5 Å². The number of amidine groups is 1. The van der Waals surface area contributed by atoms with Gasteiger partial charge in [0.1, 0.15) is 11.5 Å². The van der Waals surface area contributed by atoms with Crippen LogP contribution >= 0.6 is 11.8 Å². The Morgan fingerprint density at radius 3 is 2.79 bits per heavy atom. The average molecular weight is 397 g/mol. The van der Waals surface area contributed by atoms with Crippen molar-refractivity contribution in [3.63, 3.8) is 0 Å². The molecule has 1 atom stereocenters. The molecular formula is C20H24N6OS. The average Bonchev–Trinajstić information content (AvgIpc) is 3.23. The Balaban J connectivity index is 1.48. The normalized spacial score (nSPS) is 22.0. The van der Waals surface area contributed by atoms with Crippen molar-refractivity contribution in [2.24, 2.45) is 10.7 Å². The number of nitrogens with one attached hydrogen (secondary N) is 1. The van der Waals surface area contributed by atoms with Gasteiger partial charge in [0.15, 0.2) is 5.17 Å². The van der Waals surface area contributed by atoms with Gasteiger partial charge in [-0.2, -0.15) is 0 Å². The van der Waals surface area contributed by atoms with E-state index in [0.717, 1.165) is 36.6 Å². The van der Waals surface area contributed by atoms with Crippen LogP contribution in [0.3, 0.4) is 0 Å². The quantitative estimate of drug-likeness (QED) is 0.825. The number of nitrogens with two attached hydrogens (primary N) is 1. The molecule has 7 nitrogen and oxygen atoms in total. The Kier molecular flexibility index (Phi) is 5.21. The lowest BCUT2D eigenvalue weighted by atomic mass is 9.89. The predicted octanol–water partition coefficient (Wildman–Crippen LogP) is 3.00. The minimum Gasteiger partial charge on any atom is -0.379 e. The molecule has 1 saturated heterocycles. The summed E-state index contributed by atoms with van der Waals surface area (Å²) in [5, 5.41) is 3.52. The van der Waals surface area contributed by atoms with Crippen molar-refractivity contribution in [1.82, 2.24) is 9.97 Å². The van der Waals surface area contributed by atoms with Crippen molar-refractivity contribution in [2.75, 3.05) is 29.1 Å². The Bertz CT molecular complexity index is 894. The van der Waals surface area contributed by atoms with Gasteiger partial charge in [-0.05, 0) is 43.9 Å². The van der Waals surface area contributed by atoms with Crippen molar-refractivity contribution >= 4 is 34.3 Å². The first-order valence-corrected chi connectivity index (χ1v) is 10.5. The molecule has 0 radical (unpaired) electrons. The Labute approximate surface area is 168 Å². The lowest BCUT2D eigenvalue weighted by Crippen LogP contribution is -2.28. The first kappa shape index (κ1) is 18.7. The summed E-state index contributed by atoms with van der Waals surface area (Å²) in [5.74, 6) is 1.49. The van der Waals surface area contributed by atoms with Crippen LogP contribution in [0.15, 0.2) is 41.7 Å². The molecule has 1 unspecified atom stereocenters. The monoisotopic (exact) mass is 396 g/mol. The number of hydrogen-bond acceptors (Lipinski definition) is 7. The fraction of sp³-hybridized carbons (Fsp3) is 0.400. The van der Waals surface area contributed by atoms with E-state index in [4.69, 9.17) is 5.73 Å². The summed E-state index contributed by atoms with van der Waals surface area (Å²) in [4.78, 5) is 28.1. The summed E-state index contributed by atoms with van der Waals surface area (Å²) in [6, 6.07) is 7.76. The van der Waals surface area contributed by atoms with Gasteiger partial charge in [0.05, 0.1) is 17.9 Å². The summed E-state index contributed by atoms with van der Waals surface area (Å²) >= 11 is 1.58. The smallest absolute Gasteiger partial charge is 0.275 e. The molecule has 28 heavy (non-hydrogen) atoms. The van der Waals surface area contributed by atoms with Crippen LogP contribution < -0.4 is 16.0 Å². The highest BCUT2D eigenvalue weighted by molar-refractivity contribution is 8.13. The summed E-state index contributed by atoms with van der Waals surface area (Å²) in [6.07, 6.45) is 6.46. The molecule has 2 aliphatic rings. The van der Waals surface area contributed by atoms with Crippen molar-refractivity contribution in [3.8, 4) is 0 Å². The standard InChI is InChI=1S/C20H24N6OS/c1-20(7-10-28-19(21)25-20)14-5-4-6-15(11-14)24-18(27)16-12-23-17(13-22-16)26-8-2-3-9-26/h4-6,11-13H,2-3,7-10H2,1H3,(H2,21,25)(H,24,27). The lowest BCUT2D eigenvalue weighted by molar-refractivity contribution is 0.102. The molecule has 1 aromatic heterocycles. The second kappa shape index (κ2) is 7.79. The lowest BCUT2D eigenvalue weighted by Gasteiger charge is -2.30. The molecule has 0 aliphatic carbocycles. The van der Waals surface area contributed by atoms with Crippen LogP contribution in [0, 0.1) is 0 Å². The van der Waals surface area contributed by atoms with E-state index in [1.807, 2.05) is 24.3 Å². The molecule has 8 heteroatoms. The maximum atomic E-state index is 12.6. The van der Waals surface area contributed by atoms with E-state index in [1.165, 1.54) is 19.0 Å². The van der Waals surface area contributed by atoms with Crippen molar-refractivity contribution in [3.05, 3.63) is 47.9 Å². The van der Waals surface area contributed by atoms with Gasteiger partial charge < -0.3 is 16.0 Å². The van der Waals surface area contributed by atoms with E-state index in [2.05, 4.69) is 32.1 Å². The highest BCUT2D eigenvalue weighted by Gasteiger charge is 2.29. The van der Waals surface area contributed by atoms with E-state index < -0.39 is 0 Å². The number of anilines is 2. The molecule has 1 aromatic carbocycles. The van der Waals surface area contributed by atoms with Gasteiger partial charge in [0.25, 0.3) is 5.91 Å². The Morgan fingerprint density at radius 1 is 1.25 bits per heavy atom. The minimum absolute atomic E-state index is 0.273. The van der Waals surface area contributed by atoms with E-state index in [1.54, 1.807) is 18.0 Å². The molecule has 0 saturated carbocycles. The maximum Gasteiger partial charge on any atom is 0.275 e. The minimum atomic E-state index is -0.368. The second-order valence-electron chi connectivity index (χ2n) is 7.31. The van der Waals surface area contributed by atoms with Gasteiger partial charge in [0.2, 0.25) is 0 Å². The number of hydrogen-bond donors (Lipinski definition) is 2. The molecule has 1 fully saturated rings. The molecule has 4 rings (SSSR count). The molecule has 1 amide bonds. The third-order valence-corrected chi connectivity index (χ3v) is 6.03. The third kappa shape index (κ3) is 3.96. The Morgan fingerprint density at radius 2 is 2.07 bits per heavy atom. The number of amides is 1. The van der Waals surface area contributed by atoms with E-state index in [0.29, 0.717) is 16.5 Å². The van der Waals surface area contributed by atoms with Gasteiger partial charge in [-0.3, -0.25) is 9.79 Å². The summed E-state index contributed by atoms with van der Waals surface area (Å²) in [6.45, 7) is 4.07. The molecular weight excluding hydrogens is 372 g/mol. The molecule has 0 bridgehead atoms. The molecule has 0 spiro atoms. The number of carbonyl (C=O) groups excluding carboxylic acids is 1. The number of thioether (sulfide) groups is 1. The summed E-state index contributed by atoms with van der Waals surface area (Å²) in [7, 11) is 0. The highest BCUT2D eigenvalue weighted by Crippen LogP contribution is 2.35. The van der Waals surface area contributed by atoms with Crippen LogP contribution in [0.5, 0.6) is 0 Å². The molecule has 2 aliphatic heterocycles. The maximum absolute atomic E-state index is 12.6. The van der Waals surface area contributed by atoms with E-state index in [-0.39, 0.29) is 11.4 Å². The number of benzene rings is 1. The van der Waals surface area contributed by atoms with Crippen LogP contribution in [0.2, 0.25) is 0 Å². The summed E-state index contributed by atoms with van der Waals surface area (Å²) < 4.78 is 0.